The molecule has 1 fully saturated rings. The zero-order valence-electron chi connectivity index (χ0n) is 27.9. The zero-order valence-corrected chi connectivity index (χ0v) is 28.7. The van der Waals surface area contributed by atoms with Gasteiger partial charge < -0.3 is 30.2 Å². The number of primary amides is 1. The summed E-state index contributed by atoms with van der Waals surface area (Å²) in [7, 11) is 0. The van der Waals surface area contributed by atoms with Crippen LogP contribution in [0.4, 0.5) is 10.6 Å². The molecule has 2 atom stereocenters. The van der Waals surface area contributed by atoms with Gasteiger partial charge in [-0.25, -0.2) is 14.6 Å². The molecular formula is C34H44N6O6S. The molecule has 2 aromatic rings. The number of nitrogens with one attached hydrogen (secondary N) is 1. The predicted octanol–water partition coefficient (Wildman–Crippen LogP) is 4.78. The minimum atomic E-state index is -0.857. The summed E-state index contributed by atoms with van der Waals surface area (Å²) in [6.45, 7) is 12.0. The van der Waals surface area contributed by atoms with Crippen LogP contribution >= 0.6 is 11.8 Å². The van der Waals surface area contributed by atoms with E-state index in [0.717, 1.165) is 11.8 Å². The molecule has 0 bridgehead atoms. The number of esters is 1. The molecule has 1 aliphatic heterocycles. The lowest BCUT2D eigenvalue weighted by Gasteiger charge is -2.34. The average Bonchev–Trinajstić information content (AvgIpc) is 3.03. The average molecular weight is 665 g/mol. The Morgan fingerprint density at radius 1 is 1.09 bits per heavy atom. The van der Waals surface area contributed by atoms with E-state index in [1.165, 1.54) is 0 Å². The normalized spacial score (nSPS) is 14.9. The van der Waals surface area contributed by atoms with Crippen LogP contribution in [-0.4, -0.2) is 67.0 Å². The molecule has 0 radical (unpaired) electrons. The number of hydrogen-bond acceptors (Lipinski definition) is 11. The summed E-state index contributed by atoms with van der Waals surface area (Å²) in [5, 5.41) is 22.4. The standard InChI is InChI=1S/C34H44N6O6S/c1-7-24-25(19-35)30(39-31(26(24)20-36)47-28(29(37)41)22-11-9-8-10-12-22)40-15-13-23(14-16-40)44-17-18-45-32(42)27(21(2)3)38-33(43)46-34(4,5)6/h8-12,21,23,27-28H,7,13-18H2,1-6H3,(H2,37,41)(H,38,43)/t27-,28?/m0/s1. The number of piperidine rings is 1. The van der Waals surface area contributed by atoms with Crippen molar-refractivity contribution in [1.29, 1.82) is 10.5 Å². The van der Waals surface area contributed by atoms with E-state index in [4.69, 9.17) is 24.9 Å². The van der Waals surface area contributed by atoms with Gasteiger partial charge in [0.25, 0.3) is 0 Å². The lowest BCUT2D eigenvalue weighted by atomic mass is 10.0. The molecule has 3 N–H and O–H groups in total. The molecule has 1 aromatic heterocycles. The van der Waals surface area contributed by atoms with E-state index in [1.54, 1.807) is 46.8 Å². The number of rotatable bonds is 13. The molecule has 13 heteroatoms. The van der Waals surface area contributed by atoms with Gasteiger partial charge in [-0.1, -0.05) is 62.9 Å². The topological polar surface area (TPSA) is 181 Å². The Kier molecular flexibility index (Phi) is 13.4. The first kappa shape index (κ1) is 37.1. The van der Waals surface area contributed by atoms with Crippen molar-refractivity contribution in [1.82, 2.24) is 10.3 Å². The van der Waals surface area contributed by atoms with Crippen molar-refractivity contribution in [2.24, 2.45) is 11.7 Å². The number of nitrogens with zero attached hydrogens (tertiary/aromatic N) is 4. The molecule has 252 valence electrons. The second kappa shape index (κ2) is 17.0. The monoisotopic (exact) mass is 664 g/mol. The molecule has 1 aromatic carbocycles. The number of ether oxygens (including phenoxy) is 3. The van der Waals surface area contributed by atoms with Gasteiger partial charge in [-0.05, 0) is 57.1 Å². The van der Waals surface area contributed by atoms with Gasteiger partial charge in [-0.3, -0.25) is 4.79 Å². The van der Waals surface area contributed by atoms with Crippen molar-refractivity contribution in [2.45, 2.75) is 88.8 Å². The van der Waals surface area contributed by atoms with Crippen LogP contribution in [0.3, 0.4) is 0 Å². The van der Waals surface area contributed by atoms with E-state index in [-0.39, 0.29) is 30.8 Å². The number of carbonyl (C=O) groups excluding carboxylic acids is 3. The minimum absolute atomic E-state index is 0.0247. The number of benzene rings is 1. The molecular weight excluding hydrogens is 620 g/mol. The number of hydrogen-bond donors (Lipinski definition) is 2. The number of nitrogens with two attached hydrogens (primary N) is 1. The highest BCUT2D eigenvalue weighted by Crippen LogP contribution is 2.40. The van der Waals surface area contributed by atoms with E-state index in [1.807, 2.05) is 30.0 Å². The van der Waals surface area contributed by atoms with Crippen molar-refractivity contribution in [3.8, 4) is 12.1 Å². The summed E-state index contributed by atoms with van der Waals surface area (Å²) in [5.41, 5.74) is 6.97. The number of pyridine rings is 1. The van der Waals surface area contributed by atoms with E-state index >= 15 is 0 Å². The molecule has 1 saturated heterocycles. The fourth-order valence-electron chi connectivity index (χ4n) is 5.14. The summed E-state index contributed by atoms with van der Waals surface area (Å²) in [6.07, 6.45) is 0.907. The quantitative estimate of drug-likeness (QED) is 0.171. The van der Waals surface area contributed by atoms with Crippen LogP contribution in [-0.2, 0) is 30.2 Å². The summed E-state index contributed by atoms with van der Waals surface area (Å²) in [6, 6.07) is 12.7. The van der Waals surface area contributed by atoms with Crippen LogP contribution < -0.4 is 16.0 Å². The first-order valence-corrected chi connectivity index (χ1v) is 16.6. The van der Waals surface area contributed by atoms with Crippen molar-refractivity contribution >= 4 is 35.5 Å². The van der Waals surface area contributed by atoms with Gasteiger partial charge in [-0.15, -0.1) is 0 Å². The molecule has 0 saturated carbocycles. The smallest absolute Gasteiger partial charge is 0.408 e. The molecule has 2 amide bonds. The van der Waals surface area contributed by atoms with Crippen LogP contribution in [0.5, 0.6) is 0 Å². The van der Waals surface area contributed by atoms with Crippen LogP contribution in [0.25, 0.3) is 0 Å². The van der Waals surface area contributed by atoms with Gasteiger partial charge in [0.05, 0.1) is 23.8 Å². The Morgan fingerprint density at radius 3 is 2.26 bits per heavy atom. The first-order chi connectivity index (χ1) is 22.3. The second-order valence-electron chi connectivity index (χ2n) is 12.4. The maximum Gasteiger partial charge on any atom is 0.408 e. The summed E-state index contributed by atoms with van der Waals surface area (Å²) < 4.78 is 16.7. The first-order valence-electron chi connectivity index (χ1n) is 15.7. The number of thioether (sulfide) groups is 1. The largest absolute Gasteiger partial charge is 0.462 e. The Balaban J connectivity index is 1.65. The number of carbonyl (C=O) groups is 3. The second-order valence-corrected chi connectivity index (χ2v) is 13.5. The van der Waals surface area contributed by atoms with Gasteiger partial charge in [0.2, 0.25) is 5.91 Å². The molecule has 3 rings (SSSR count). The lowest BCUT2D eigenvalue weighted by molar-refractivity contribution is -0.149. The summed E-state index contributed by atoms with van der Waals surface area (Å²) >= 11 is 1.11. The number of anilines is 1. The van der Waals surface area contributed by atoms with Crippen molar-refractivity contribution < 1.29 is 28.6 Å². The fourth-order valence-corrected chi connectivity index (χ4v) is 6.20. The van der Waals surface area contributed by atoms with E-state index < -0.39 is 34.9 Å². The van der Waals surface area contributed by atoms with Gasteiger partial charge in [0.15, 0.2) is 0 Å². The third kappa shape index (κ3) is 10.3. The Labute approximate surface area is 280 Å². The van der Waals surface area contributed by atoms with Crippen molar-refractivity contribution in [2.75, 3.05) is 31.2 Å². The van der Waals surface area contributed by atoms with Crippen LogP contribution in [0, 0.1) is 28.6 Å². The molecule has 2 heterocycles. The number of alkyl carbamates (subject to hydrolysis) is 1. The highest BCUT2D eigenvalue weighted by atomic mass is 32.2. The Bertz CT molecular complexity index is 1490. The maximum atomic E-state index is 12.7. The van der Waals surface area contributed by atoms with Gasteiger partial charge in [-0.2, -0.15) is 10.5 Å². The summed E-state index contributed by atoms with van der Waals surface area (Å²) in [5.74, 6) is -0.863. The van der Waals surface area contributed by atoms with Crippen molar-refractivity contribution in [3.05, 3.63) is 52.6 Å². The van der Waals surface area contributed by atoms with Crippen LogP contribution in [0.15, 0.2) is 35.4 Å². The van der Waals surface area contributed by atoms with Gasteiger partial charge in [0.1, 0.15) is 46.5 Å². The van der Waals surface area contributed by atoms with E-state index in [2.05, 4.69) is 17.5 Å². The van der Waals surface area contributed by atoms with E-state index in [0.29, 0.717) is 59.9 Å². The molecule has 0 aliphatic carbocycles. The molecule has 1 aliphatic rings. The third-order valence-electron chi connectivity index (χ3n) is 7.43. The molecule has 47 heavy (non-hydrogen) atoms. The SMILES string of the molecule is CCc1c(C#N)c(SC(C(N)=O)c2ccccc2)nc(N2CCC(OCCOC(=O)[C@@H](NC(=O)OC(C)(C)C)C(C)C)CC2)c1C#N. The summed E-state index contributed by atoms with van der Waals surface area (Å²) in [4.78, 5) is 44.1. The third-order valence-corrected chi connectivity index (χ3v) is 8.69. The number of aromatic nitrogens is 1. The van der Waals surface area contributed by atoms with Crippen molar-refractivity contribution in [3.63, 3.8) is 0 Å². The van der Waals surface area contributed by atoms with Crippen LogP contribution in [0.1, 0.15) is 81.9 Å². The minimum Gasteiger partial charge on any atom is -0.462 e. The Hall–Kier alpha value is -4.33. The molecule has 0 spiro atoms. The lowest BCUT2D eigenvalue weighted by Crippen LogP contribution is -2.47. The number of nitriles is 2. The van der Waals surface area contributed by atoms with Gasteiger partial charge >= 0.3 is 12.1 Å². The Morgan fingerprint density at radius 2 is 1.72 bits per heavy atom. The fraction of sp³-hybridized carbons (Fsp3) is 0.529. The highest BCUT2D eigenvalue weighted by molar-refractivity contribution is 8.00. The van der Waals surface area contributed by atoms with Crippen LogP contribution in [0.2, 0.25) is 0 Å². The van der Waals surface area contributed by atoms with Gasteiger partial charge in [0, 0.05) is 13.1 Å². The predicted molar refractivity (Wildman–Crippen MR) is 177 cm³/mol. The highest BCUT2D eigenvalue weighted by Gasteiger charge is 2.30. The number of amides is 2. The zero-order chi connectivity index (χ0) is 34.7. The molecule has 12 nitrogen and oxygen atoms in total. The van der Waals surface area contributed by atoms with E-state index in [9.17, 15) is 24.9 Å². The molecule has 1 unspecified atom stereocenters. The maximum absolute atomic E-state index is 12.7.